The number of nitrogens with zero attached hydrogens (tertiary/aromatic N) is 4. The van der Waals surface area contributed by atoms with E-state index in [0.29, 0.717) is 11.3 Å². The lowest BCUT2D eigenvalue weighted by Crippen LogP contribution is -2.53. The molecule has 13 heteroatoms. The third-order valence-corrected chi connectivity index (χ3v) is 6.20. The van der Waals surface area contributed by atoms with E-state index in [9.17, 15) is 23.1 Å². The summed E-state index contributed by atoms with van der Waals surface area (Å²) in [6.45, 7) is 0.114. The molecule has 34 heavy (non-hydrogen) atoms. The Kier molecular flexibility index (Phi) is 5.62. The highest BCUT2D eigenvalue weighted by molar-refractivity contribution is 5.89. The first-order valence-electron chi connectivity index (χ1n) is 10.7. The molecule has 4 heterocycles. The van der Waals surface area contributed by atoms with Crippen molar-refractivity contribution in [1.82, 2.24) is 30.4 Å². The van der Waals surface area contributed by atoms with Crippen molar-refractivity contribution in [3.05, 3.63) is 36.2 Å². The molecule has 0 spiro atoms. The van der Waals surface area contributed by atoms with E-state index in [-0.39, 0.29) is 42.2 Å². The molecule has 5 rings (SSSR count). The van der Waals surface area contributed by atoms with Crippen molar-refractivity contribution in [2.24, 2.45) is 0 Å². The third kappa shape index (κ3) is 3.95. The lowest BCUT2D eigenvalue weighted by Gasteiger charge is -2.41. The summed E-state index contributed by atoms with van der Waals surface area (Å²) in [7, 11) is 1.48. The molecule has 0 saturated carbocycles. The number of alkyl halides is 3. The molecule has 180 valence electrons. The molecule has 4 atom stereocenters. The lowest BCUT2D eigenvalue weighted by molar-refractivity contribution is -0.209. The molecule has 0 aliphatic carbocycles. The molecule has 10 nitrogen and oxygen atoms in total. The van der Waals surface area contributed by atoms with Crippen LogP contribution in [0.25, 0.3) is 22.4 Å². The summed E-state index contributed by atoms with van der Waals surface area (Å²) in [5.74, 6) is 0.0775. The van der Waals surface area contributed by atoms with E-state index in [4.69, 9.17) is 4.74 Å². The number of halogens is 3. The SMILES string of the molecule is CNC(=O)Nc1ccc(-c2nc(C(N3C4COCC3C(O)C4)C(F)(F)F)c3cn[nH]c3n2)cc1. The van der Waals surface area contributed by atoms with Crippen LogP contribution < -0.4 is 10.6 Å². The van der Waals surface area contributed by atoms with Crippen LogP contribution in [-0.2, 0) is 4.74 Å². The van der Waals surface area contributed by atoms with Crippen LogP contribution in [-0.4, -0.2) is 80.8 Å². The molecule has 3 aromatic rings. The molecule has 2 aliphatic heterocycles. The number of urea groups is 1. The second-order valence-electron chi connectivity index (χ2n) is 8.30. The maximum Gasteiger partial charge on any atom is 0.409 e. The Balaban J connectivity index is 1.59. The Morgan fingerprint density at radius 2 is 2.03 bits per heavy atom. The fraction of sp³-hybridized carbons (Fsp3) is 0.429. The van der Waals surface area contributed by atoms with Crippen molar-refractivity contribution in [1.29, 1.82) is 0 Å². The van der Waals surface area contributed by atoms with Gasteiger partial charge in [0, 0.05) is 24.3 Å². The summed E-state index contributed by atoms with van der Waals surface area (Å²) in [5.41, 5.74) is 0.895. The number of fused-ring (bicyclic) bond motifs is 3. The van der Waals surface area contributed by atoms with E-state index in [1.807, 2.05) is 0 Å². The predicted molar refractivity (Wildman–Crippen MR) is 115 cm³/mol. The minimum absolute atomic E-state index is 0.0104. The van der Waals surface area contributed by atoms with Gasteiger partial charge in [0.25, 0.3) is 0 Å². The van der Waals surface area contributed by atoms with Crippen LogP contribution in [0.4, 0.5) is 23.7 Å². The fourth-order valence-electron chi connectivity index (χ4n) is 4.66. The van der Waals surface area contributed by atoms with Gasteiger partial charge in [-0.1, -0.05) is 0 Å². The van der Waals surface area contributed by atoms with Crippen LogP contribution in [0.3, 0.4) is 0 Å². The summed E-state index contributed by atoms with van der Waals surface area (Å²) in [6.07, 6.45) is -4.11. The average molecular weight is 477 g/mol. The van der Waals surface area contributed by atoms with Crippen molar-refractivity contribution < 1.29 is 27.8 Å². The standard InChI is InChI=1S/C21H22F3N7O3/c1-25-20(33)27-11-4-2-10(3-5-11)18-28-16(13-7-26-30-19(13)29-18)17(21(22,23)24)31-12-6-15(32)14(31)9-34-8-12/h2-5,7,12,14-15,17,32H,6,8-9H2,1H3,(H2,25,27,33)(H,26,28,29,30). The number of ether oxygens (including phenoxy) is 1. The van der Waals surface area contributed by atoms with Crippen molar-refractivity contribution in [3.8, 4) is 11.4 Å². The zero-order chi connectivity index (χ0) is 24.0. The number of amides is 2. The maximum atomic E-state index is 14.6. The number of benzene rings is 1. The zero-order valence-corrected chi connectivity index (χ0v) is 18.0. The number of aliphatic hydroxyl groups is 1. The van der Waals surface area contributed by atoms with Gasteiger partial charge < -0.3 is 20.5 Å². The van der Waals surface area contributed by atoms with Gasteiger partial charge in [0.1, 0.15) is 0 Å². The van der Waals surface area contributed by atoms with Crippen LogP contribution in [0.2, 0.25) is 0 Å². The first kappa shape index (κ1) is 22.5. The quantitative estimate of drug-likeness (QED) is 0.454. The molecule has 2 bridgehead atoms. The second-order valence-corrected chi connectivity index (χ2v) is 8.30. The number of hydrogen-bond donors (Lipinski definition) is 4. The minimum atomic E-state index is -4.67. The van der Waals surface area contributed by atoms with Gasteiger partial charge in [0.2, 0.25) is 0 Å². The predicted octanol–water partition coefficient (Wildman–Crippen LogP) is 2.21. The number of hydrogen-bond acceptors (Lipinski definition) is 7. The Morgan fingerprint density at radius 3 is 2.71 bits per heavy atom. The number of aromatic amines is 1. The van der Waals surface area contributed by atoms with Crippen LogP contribution in [0.1, 0.15) is 18.2 Å². The highest BCUT2D eigenvalue weighted by Crippen LogP contribution is 2.46. The number of aliphatic hydroxyl groups excluding tert-OH is 1. The Hall–Kier alpha value is -3.29. The van der Waals surface area contributed by atoms with Gasteiger partial charge in [0.15, 0.2) is 17.5 Å². The normalized spacial score (nSPS) is 23.7. The van der Waals surface area contributed by atoms with Crippen LogP contribution in [0.5, 0.6) is 0 Å². The number of nitrogens with one attached hydrogen (secondary N) is 3. The van der Waals surface area contributed by atoms with Gasteiger partial charge in [-0.15, -0.1) is 0 Å². The summed E-state index contributed by atoms with van der Waals surface area (Å²) in [4.78, 5) is 21.5. The van der Waals surface area contributed by atoms with Gasteiger partial charge in [-0.05, 0) is 30.7 Å². The topological polar surface area (TPSA) is 128 Å². The molecule has 2 aliphatic rings. The number of carbonyl (C=O) groups is 1. The highest BCUT2D eigenvalue weighted by Gasteiger charge is 2.56. The van der Waals surface area contributed by atoms with Gasteiger partial charge in [-0.3, -0.25) is 10.00 Å². The van der Waals surface area contributed by atoms with E-state index in [1.54, 1.807) is 24.3 Å². The number of anilines is 1. The van der Waals surface area contributed by atoms with Crippen molar-refractivity contribution >= 4 is 22.8 Å². The zero-order valence-electron chi connectivity index (χ0n) is 18.0. The molecule has 4 unspecified atom stereocenters. The molecule has 4 N–H and O–H groups in total. The van der Waals surface area contributed by atoms with Gasteiger partial charge in [-0.25, -0.2) is 14.8 Å². The third-order valence-electron chi connectivity index (χ3n) is 6.20. The van der Waals surface area contributed by atoms with Gasteiger partial charge in [-0.2, -0.15) is 18.3 Å². The highest BCUT2D eigenvalue weighted by atomic mass is 19.4. The largest absolute Gasteiger partial charge is 0.409 e. The molecule has 0 radical (unpaired) electrons. The molecule has 2 amide bonds. The van der Waals surface area contributed by atoms with Crippen LogP contribution in [0, 0.1) is 0 Å². The Bertz CT molecular complexity index is 1200. The smallest absolute Gasteiger partial charge is 0.391 e. The number of rotatable bonds is 4. The summed E-state index contributed by atoms with van der Waals surface area (Å²) in [6, 6.07) is 2.57. The maximum absolute atomic E-state index is 14.6. The van der Waals surface area contributed by atoms with Crippen molar-refractivity contribution in [2.75, 3.05) is 25.6 Å². The van der Waals surface area contributed by atoms with E-state index in [2.05, 4.69) is 30.8 Å². The molecule has 2 fully saturated rings. The summed E-state index contributed by atoms with van der Waals surface area (Å²) < 4.78 is 49.1. The van der Waals surface area contributed by atoms with E-state index in [1.165, 1.54) is 18.1 Å². The monoisotopic (exact) mass is 477 g/mol. The number of aromatic nitrogens is 4. The molecule has 2 saturated heterocycles. The van der Waals surface area contributed by atoms with E-state index >= 15 is 0 Å². The summed E-state index contributed by atoms with van der Waals surface area (Å²) in [5, 5.41) is 22.1. The first-order chi connectivity index (χ1) is 16.3. The number of H-pyrrole nitrogens is 1. The number of carbonyl (C=O) groups excluding carboxylic acids is 1. The van der Waals surface area contributed by atoms with E-state index < -0.39 is 36.4 Å². The summed E-state index contributed by atoms with van der Waals surface area (Å²) >= 11 is 0. The molecular weight excluding hydrogens is 455 g/mol. The first-order valence-corrected chi connectivity index (χ1v) is 10.7. The Labute approximate surface area is 191 Å². The average Bonchev–Trinajstić information content (AvgIpc) is 3.33. The van der Waals surface area contributed by atoms with Crippen LogP contribution in [0.15, 0.2) is 30.5 Å². The minimum Gasteiger partial charge on any atom is -0.391 e. The van der Waals surface area contributed by atoms with Crippen LogP contribution >= 0.6 is 0 Å². The van der Waals surface area contributed by atoms with Gasteiger partial charge >= 0.3 is 12.2 Å². The second kappa shape index (κ2) is 8.49. The Morgan fingerprint density at radius 1 is 1.26 bits per heavy atom. The molecule has 2 aromatic heterocycles. The molecule has 1 aromatic carbocycles. The van der Waals surface area contributed by atoms with Crippen molar-refractivity contribution in [3.63, 3.8) is 0 Å². The van der Waals surface area contributed by atoms with Gasteiger partial charge in [0.05, 0.1) is 42.6 Å². The van der Waals surface area contributed by atoms with Crippen molar-refractivity contribution in [2.45, 2.75) is 36.8 Å². The number of morpholine rings is 1. The lowest BCUT2D eigenvalue weighted by atomic mass is 10.0. The van der Waals surface area contributed by atoms with E-state index in [0.717, 1.165) is 0 Å². The fourth-order valence-corrected chi connectivity index (χ4v) is 4.66. The molecular formula is C21H22F3N7O3.